The Labute approximate surface area is 105 Å². The maximum atomic E-state index is 9.28. The smallest absolute Gasteiger partial charge is 0.221 e. The molecular weight excluding hydrogens is 228 g/mol. The van der Waals surface area contributed by atoms with Crippen molar-refractivity contribution in [2.45, 2.75) is 12.5 Å². The largest absolute Gasteiger partial charge is 0.421 e. The second kappa shape index (κ2) is 5.42. The molecule has 2 rings (SSSR count). The van der Waals surface area contributed by atoms with Gasteiger partial charge in [0.25, 0.3) is 0 Å². The molecule has 0 aliphatic heterocycles. The fourth-order valence-electron chi connectivity index (χ4n) is 1.59. The van der Waals surface area contributed by atoms with Crippen LogP contribution in [0.25, 0.3) is 0 Å². The molecule has 0 fully saturated rings. The van der Waals surface area contributed by atoms with Gasteiger partial charge >= 0.3 is 0 Å². The first-order valence-corrected chi connectivity index (χ1v) is 5.64. The van der Waals surface area contributed by atoms with Gasteiger partial charge in [-0.15, -0.1) is 0 Å². The lowest BCUT2D eigenvalue weighted by Crippen LogP contribution is -2.15. The zero-order valence-corrected chi connectivity index (χ0v) is 9.76. The van der Waals surface area contributed by atoms with Crippen molar-refractivity contribution >= 4 is 11.8 Å². The van der Waals surface area contributed by atoms with Crippen LogP contribution in [-0.4, -0.2) is 23.0 Å². The van der Waals surface area contributed by atoms with E-state index in [1.807, 2.05) is 18.2 Å². The molecule has 1 atom stereocenters. The van der Waals surface area contributed by atoms with Crippen molar-refractivity contribution in [2.24, 2.45) is 0 Å². The molecule has 4 heteroatoms. The molecule has 1 aromatic rings. The Hall–Kier alpha value is -2.20. The summed E-state index contributed by atoms with van der Waals surface area (Å²) in [5, 5.41) is 24.8. The lowest BCUT2D eigenvalue weighted by atomic mass is 10.1. The first-order chi connectivity index (χ1) is 8.66. The van der Waals surface area contributed by atoms with Crippen LogP contribution in [0.4, 0.5) is 0 Å². The minimum absolute atomic E-state index is 0.0546. The first-order valence-electron chi connectivity index (χ1n) is 5.64. The monoisotopic (exact) mass is 242 g/mol. The molecule has 0 bridgehead atoms. The van der Waals surface area contributed by atoms with Crippen LogP contribution < -0.4 is 0 Å². The van der Waals surface area contributed by atoms with Crippen molar-refractivity contribution in [1.29, 1.82) is 10.8 Å². The van der Waals surface area contributed by atoms with Crippen molar-refractivity contribution < 1.29 is 9.84 Å². The van der Waals surface area contributed by atoms with E-state index in [0.717, 1.165) is 0 Å². The summed E-state index contributed by atoms with van der Waals surface area (Å²) in [6.45, 7) is 0. The number of ether oxygens (including phenoxy) is 1. The average Bonchev–Trinajstić information content (AvgIpc) is 2.40. The molecule has 92 valence electrons. The summed E-state index contributed by atoms with van der Waals surface area (Å²) >= 11 is 0. The maximum absolute atomic E-state index is 9.28. The average molecular weight is 242 g/mol. The third-order valence-electron chi connectivity index (χ3n) is 2.58. The maximum Gasteiger partial charge on any atom is 0.221 e. The minimum Gasteiger partial charge on any atom is -0.421 e. The number of aliphatic hydroxyl groups excluding tert-OH is 1. The van der Waals surface area contributed by atoms with Crippen molar-refractivity contribution in [1.82, 2.24) is 0 Å². The highest BCUT2D eigenvalue weighted by molar-refractivity contribution is 6.05. The molecule has 1 aromatic carbocycles. The van der Waals surface area contributed by atoms with Gasteiger partial charge in [-0.3, -0.25) is 10.8 Å². The van der Waals surface area contributed by atoms with Gasteiger partial charge in [0.1, 0.15) is 0 Å². The molecule has 0 spiro atoms. The molecule has 1 aliphatic rings. The van der Waals surface area contributed by atoms with Crippen LogP contribution in [0.15, 0.2) is 54.1 Å². The molecule has 0 aromatic heterocycles. The molecule has 0 radical (unpaired) electrons. The van der Waals surface area contributed by atoms with Gasteiger partial charge < -0.3 is 9.84 Å². The van der Waals surface area contributed by atoms with Gasteiger partial charge in [0.05, 0.1) is 6.10 Å². The summed E-state index contributed by atoms with van der Waals surface area (Å²) in [5.74, 6) is -0.131. The van der Waals surface area contributed by atoms with E-state index < -0.39 is 6.10 Å². The molecule has 1 unspecified atom stereocenters. The normalized spacial score (nSPS) is 18.1. The number of hydrogen-bond acceptors (Lipinski definition) is 4. The van der Waals surface area contributed by atoms with Crippen molar-refractivity contribution in [3.05, 3.63) is 59.7 Å². The molecule has 1 aliphatic carbocycles. The highest BCUT2D eigenvalue weighted by atomic mass is 16.5. The predicted octanol–water partition coefficient (Wildman–Crippen LogP) is 2.25. The SMILES string of the molecule is N=C(OC(=N)c1ccccc1)C1=CCC(O)C=C1. The van der Waals surface area contributed by atoms with Crippen LogP contribution in [0.1, 0.15) is 12.0 Å². The van der Waals surface area contributed by atoms with Crippen LogP contribution in [0, 0.1) is 10.8 Å². The summed E-state index contributed by atoms with van der Waals surface area (Å²) in [5.41, 5.74) is 1.21. The van der Waals surface area contributed by atoms with Crippen molar-refractivity contribution in [3.8, 4) is 0 Å². The van der Waals surface area contributed by atoms with Crippen LogP contribution in [0.5, 0.6) is 0 Å². The van der Waals surface area contributed by atoms with E-state index >= 15 is 0 Å². The molecular formula is C14H14N2O2. The van der Waals surface area contributed by atoms with E-state index in [2.05, 4.69) is 0 Å². The molecule has 4 nitrogen and oxygen atoms in total. The second-order valence-corrected chi connectivity index (χ2v) is 3.95. The Kier molecular flexibility index (Phi) is 3.69. The molecule has 0 amide bonds. The van der Waals surface area contributed by atoms with E-state index in [-0.39, 0.29) is 11.8 Å². The lowest BCUT2D eigenvalue weighted by molar-refractivity contribution is 0.225. The molecule has 18 heavy (non-hydrogen) atoms. The number of nitrogens with one attached hydrogen (secondary N) is 2. The third kappa shape index (κ3) is 2.93. The Balaban J connectivity index is 2.01. The number of rotatable bonds is 2. The standard InChI is InChI=1S/C14H14N2O2/c15-13(10-4-2-1-3-5-10)18-14(16)11-6-8-12(17)9-7-11/h1-8,12,15-17H,9H2. The minimum atomic E-state index is -0.491. The highest BCUT2D eigenvalue weighted by Crippen LogP contribution is 2.13. The number of benzene rings is 1. The van der Waals surface area contributed by atoms with E-state index in [0.29, 0.717) is 17.6 Å². The molecule has 3 N–H and O–H groups in total. The van der Waals surface area contributed by atoms with Crippen LogP contribution in [0.2, 0.25) is 0 Å². The Morgan fingerprint density at radius 1 is 1.17 bits per heavy atom. The fourth-order valence-corrected chi connectivity index (χ4v) is 1.59. The first kappa shape index (κ1) is 12.3. The summed E-state index contributed by atoms with van der Waals surface area (Å²) in [4.78, 5) is 0. The fraction of sp³-hybridized carbons (Fsp3) is 0.143. The van der Waals surface area contributed by atoms with Gasteiger partial charge in [0, 0.05) is 11.1 Å². The van der Waals surface area contributed by atoms with E-state index in [1.165, 1.54) is 0 Å². The third-order valence-corrected chi connectivity index (χ3v) is 2.58. The van der Waals surface area contributed by atoms with Gasteiger partial charge in [0.2, 0.25) is 11.8 Å². The zero-order valence-electron chi connectivity index (χ0n) is 9.76. The molecule has 0 heterocycles. The Morgan fingerprint density at radius 2 is 1.89 bits per heavy atom. The van der Waals surface area contributed by atoms with Gasteiger partial charge in [-0.25, -0.2) is 0 Å². The molecule has 0 saturated heterocycles. The van der Waals surface area contributed by atoms with Crippen LogP contribution >= 0.6 is 0 Å². The summed E-state index contributed by atoms with van der Waals surface area (Å²) in [6, 6.07) is 8.99. The molecule has 0 saturated carbocycles. The summed E-state index contributed by atoms with van der Waals surface area (Å²) < 4.78 is 5.18. The summed E-state index contributed by atoms with van der Waals surface area (Å²) in [6.07, 6.45) is 4.95. The van der Waals surface area contributed by atoms with Gasteiger partial charge in [-0.2, -0.15) is 0 Å². The Bertz CT molecular complexity index is 518. The highest BCUT2D eigenvalue weighted by Gasteiger charge is 2.12. The van der Waals surface area contributed by atoms with Crippen LogP contribution in [0.3, 0.4) is 0 Å². The zero-order chi connectivity index (χ0) is 13.0. The van der Waals surface area contributed by atoms with E-state index in [4.69, 9.17) is 15.6 Å². The summed E-state index contributed by atoms with van der Waals surface area (Å²) in [7, 11) is 0. The quantitative estimate of drug-likeness (QED) is 0.549. The lowest BCUT2D eigenvalue weighted by Gasteiger charge is -2.13. The van der Waals surface area contributed by atoms with Gasteiger partial charge in [-0.1, -0.05) is 36.4 Å². The van der Waals surface area contributed by atoms with Crippen molar-refractivity contribution in [3.63, 3.8) is 0 Å². The van der Waals surface area contributed by atoms with Gasteiger partial charge in [-0.05, 0) is 18.6 Å². The Morgan fingerprint density at radius 3 is 2.50 bits per heavy atom. The van der Waals surface area contributed by atoms with Crippen LogP contribution in [-0.2, 0) is 4.74 Å². The number of hydrogen-bond donors (Lipinski definition) is 3. The van der Waals surface area contributed by atoms with E-state index in [9.17, 15) is 5.11 Å². The van der Waals surface area contributed by atoms with Gasteiger partial charge in [0.15, 0.2) is 0 Å². The topological polar surface area (TPSA) is 77.2 Å². The predicted molar refractivity (Wildman–Crippen MR) is 69.9 cm³/mol. The van der Waals surface area contributed by atoms with E-state index in [1.54, 1.807) is 30.4 Å². The van der Waals surface area contributed by atoms with Crippen molar-refractivity contribution in [2.75, 3.05) is 0 Å². The second-order valence-electron chi connectivity index (χ2n) is 3.95. The number of aliphatic hydroxyl groups is 1.